The van der Waals surface area contributed by atoms with Gasteiger partial charge in [-0.05, 0) is 71.1 Å². The molecule has 142 valence electrons. The van der Waals surface area contributed by atoms with Crippen LogP contribution in [-0.2, 0) is 15.8 Å². The zero-order valence-corrected chi connectivity index (χ0v) is 16.4. The molecule has 0 aliphatic heterocycles. The predicted octanol–water partition coefficient (Wildman–Crippen LogP) is 4.36. The first-order chi connectivity index (χ1) is 12.9. The minimum Gasteiger partial charge on any atom is -0.497 e. The van der Waals surface area contributed by atoms with Crippen molar-refractivity contribution in [3.63, 3.8) is 0 Å². The third-order valence-corrected chi connectivity index (χ3v) is 6.73. The molecule has 0 heterocycles. The Morgan fingerprint density at radius 2 is 1.44 bits per heavy atom. The molecule has 0 bridgehead atoms. The molecule has 1 spiro atoms. The number of benzene rings is 2. The minimum absolute atomic E-state index is 0.123. The molecule has 0 radical (unpaired) electrons. The summed E-state index contributed by atoms with van der Waals surface area (Å²) in [6, 6.07) is 16.1. The Balaban J connectivity index is 1.69. The van der Waals surface area contributed by atoms with E-state index >= 15 is 0 Å². The molecule has 0 unspecified atom stereocenters. The van der Waals surface area contributed by atoms with E-state index in [-0.39, 0.29) is 5.75 Å². The van der Waals surface area contributed by atoms with Crippen LogP contribution in [0.15, 0.2) is 48.5 Å². The summed E-state index contributed by atoms with van der Waals surface area (Å²) in [5.74, 6) is 0.742. The van der Waals surface area contributed by atoms with Crippen LogP contribution in [0, 0.1) is 5.41 Å². The molecular weight excluding hydrogens is 358 g/mol. The fraction of sp³-hybridized carbons (Fsp3) is 0.364. The highest BCUT2D eigenvalue weighted by atomic mass is 32.2. The summed E-state index contributed by atoms with van der Waals surface area (Å²) in [6.07, 6.45) is 6.12. The standard InChI is InChI=1S/C22H25NO3S/c1-26-19-9-7-18(8-10-19)21-14-22(11-2-12-22)13-20(21)17-5-3-16(4-6-17)15-27(23,24)25/h3-10H,2,11-15H2,1H3,(H2,23,24,25). The first-order valence-electron chi connectivity index (χ1n) is 9.34. The van der Waals surface area contributed by atoms with Crippen LogP contribution in [0.25, 0.3) is 11.1 Å². The monoisotopic (exact) mass is 383 g/mol. The van der Waals surface area contributed by atoms with E-state index in [4.69, 9.17) is 9.88 Å². The Labute approximate surface area is 161 Å². The number of rotatable bonds is 5. The van der Waals surface area contributed by atoms with Crippen LogP contribution in [0.1, 0.15) is 48.8 Å². The lowest BCUT2D eigenvalue weighted by atomic mass is 9.66. The molecule has 27 heavy (non-hydrogen) atoms. The summed E-state index contributed by atoms with van der Waals surface area (Å²) in [4.78, 5) is 0. The molecule has 1 saturated carbocycles. The zero-order chi connectivity index (χ0) is 19.1. The maximum absolute atomic E-state index is 11.3. The molecule has 0 saturated heterocycles. The van der Waals surface area contributed by atoms with E-state index in [0.717, 1.165) is 24.2 Å². The van der Waals surface area contributed by atoms with Crippen LogP contribution in [0.2, 0.25) is 0 Å². The molecule has 4 rings (SSSR count). The summed E-state index contributed by atoms with van der Waals surface area (Å²) in [6.45, 7) is 0. The molecule has 2 N–H and O–H groups in total. The van der Waals surface area contributed by atoms with Crippen LogP contribution in [-0.4, -0.2) is 15.5 Å². The van der Waals surface area contributed by atoms with Crippen molar-refractivity contribution in [3.05, 3.63) is 65.2 Å². The van der Waals surface area contributed by atoms with E-state index in [1.165, 1.54) is 41.5 Å². The molecule has 2 aromatic rings. The topological polar surface area (TPSA) is 69.4 Å². The van der Waals surface area contributed by atoms with E-state index in [9.17, 15) is 8.42 Å². The number of methoxy groups -OCH3 is 1. The van der Waals surface area contributed by atoms with Gasteiger partial charge in [-0.15, -0.1) is 0 Å². The Kier molecular flexibility index (Phi) is 4.60. The van der Waals surface area contributed by atoms with Crippen molar-refractivity contribution in [2.75, 3.05) is 7.11 Å². The average Bonchev–Trinajstić information content (AvgIpc) is 3.03. The maximum atomic E-state index is 11.3. The van der Waals surface area contributed by atoms with Crippen molar-refractivity contribution in [1.29, 1.82) is 0 Å². The smallest absolute Gasteiger partial charge is 0.213 e. The highest BCUT2D eigenvalue weighted by molar-refractivity contribution is 7.88. The van der Waals surface area contributed by atoms with Gasteiger partial charge < -0.3 is 4.74 Å². The van der Waals surface area contributed by atoms with Crippen LogP contribution in [0.3, 0.4) is 0 Å². The van der Waals surface area contributed by atoms with Gasteiger partial charge in [-0.1, -0.05) is 42.8 Å². The number of hydrogen-bond acceptors (Lipinski definition) is 3. The third-order valence-electron chi connectivity index (χ3n) is 5.99. The molecule has 1 fully saturated rings. The van der Waals surface area contributed by atoms with E-state index in [0.29, 0.717) is 5.41 Å². The van der Waals surface area contributed by atoms with Gasteiger partial charge in [-0.3, -0.25) is 0 Å². The fourth-order valence-corrected chi connectivity index (χ4v) is 5.09. The third kappa shape index (κ3) is 3.80. The van der Waals surface area contributed by atoms with Gasteiger partial charge in [0.2, 0.25) is 10.0 Å². The summed E-state index contributed by atoms with van der Waals surface area (Å²) in [5, 5.41) is 5.16. The van der Waals surface area contributed by atoms with Gasteiger partial charge in [0.05, 0.1) is 12.9 Å². The lowest BCUT2D eigenvalue weighted by molar-refractivity contribution is 0.157. The number of allylic oxidation sites excluding steroid dienone is 2. The van der Waals surface area contributed by atoms with Gasteiger partial charge in [-0.25, -0.2) is 13.6 Å². The molecule has 0 amide bonds. The SMILES string of the molecule is COc1ccc(C2=C(c3ccc(CS(N)(=O)=O)cc3)CC3(CCC3)C2)cc1. The van der Waals surface area contributed by atoms with Crippen LogP contribution >= 0.6 is 0 Å². The second-order valence-electron chi connectivity index (χ2n) is 7.90. The quantitative estimate of drug-likeness (QED) is 0.834. The molecular formula is C22H25NO3S. The van der Waals surface area contributed by atoms with Gasteiger partial charge in [0.25, 0.3) is 0 Å². The number of ether oxygens (including phenoxy) is 1. The summed E-state index contributed by atoms with van der Waals surface area (Å²) < 4.78 is 27.9. The van der Waals surface area contributed by atoms with Crippen molar-refractivity contribution in [2.24, 2.45) is 10.6 Å². The van der Waals surface area contributed by atoms with Crippen molar-refractivity contribution >= 4 is 21.2 Å². The van der Waals surface area contributed by atoms with Gasteiger partial charge in [0.1, 0.15) is 5.75 Å². The van der Waals surface area contributed by atoms with E-state index in [1.54, 1.807) is 7.11 Å². The first kappa shape index (κ1) is 18.3. The van der Waals surface area contributed by atoms with Crippen molar-refractivity contribution in [3.8, 4) is 5.75 Å². The number of primary sulfonamides is 1. The second-order valence-corrected chi connectivity index (χ2v) is 9.51. The van der Waals surface area contributed by atoms with Crippen LogP contribution in [0.5, 0.6) is 5.75 Å². The molecule has 4 nitrogen and oxygen atoms in total. The molecule has 2 aliphatic rings. The number of sulfonamides is 1. The highest BCUT2D eigenvalue weighted by Crippen LogP contribution is 2.59. The summed E-state index contributed by atoms with van der Waals surface area (Å²) in [7, 11) is -1.82. The maximum Gasteiger partial charge on any atom is 0.213 e. The Bertz CT molecular complexity index is 969. The van der Waals surface area contributed by atoms with Gasteiger partial charge in [0.15, 0.2) is 0 Å². The van der Waals surface area contributed by atoms with Gasteiger partial charge >= 0.3 is 0 Å². The van der Waals surface area contributed by atoms with Gasteiger partial charge in [-0.2, -0.15) is 0 Å². The lowest BCUT2D eigenvalue weighted by Gasteiger charge is -2.39. The molecule has 0 aromatic heterocycles. The summed E-state index contributed by atoms with van der Waals surface area (Å²) >= 11 is 0. The number of hydrogen-bond donors (Lipinski definition) is 1. The Morgan fingerprint density at radius 3 is 1.85 bits per heavy atom. The largest absolute Gasteiger partial charge is 0.497 e. The Hall–Kier alpha value is -2.11. The predicted molar refractivity (Wildman–Crippen MR) is 109 cm³/mol. The van der Waals surface area contributed by atoms with E-state index in [1.807, 2.05) is 36.4 Å². The van der Waals surface area contributed by atoms with Crippen LogP contribution in [0.4, 0.5) is 0 Å². The zero-order valence-electron chi connectivity index (χ0n) is 15.6. The molecule has 2 aromatic carbocycles. The number of nitrogens with two attached hydrogens (primary N) is 1. The fourth-order valence-electron chi connectivity index (χ4n) is 4.44. The second kappa shape index (κ2) is 6.80. The summed E-state index contributed by atoms with van der Waals surface area (Å²) in [5.41, 5.74) is 6.39. The molecule has 0 atom stereocenters. The van der Waals surface area contributed by atoms with Crippen molar-refractivity contribution in [1.82, 2.24) is 0 Å². The van der Waals surface area contributed by atoms with E-state index in [2.05, 4.69) is 12.1 Å². The van der Waals surface area contributed by atoms with Crippen molar-refractivity contribution in [2.45, 2.75) is 37.9 Å². The highest BCUT2D eigenvalue weighted by Gasteiger charge is 2.43. The minimum atomic E-state index is -3.51. The molecule has 5 heteroatoms. The lowest BCUT2D eigenvalue weighted by Crippen LogP contribution is -2.26. The normalized spacial score (nSPS) is 18.6. The molecule has 2 aliphatic carbocycles. The van der Waals surface area contributed by atoms with Gasteiger partial charge in [0, 0.05) is 0 Å². The Morgan fingerprint density at radius 1 is 0.926 bits per heavy atom. The first-order valence-corrected chi connectivity index (χ1v) is 11.1. The average molecular weight is 384 g/mol. The van der Waals surface area contributed by atoms with Crippen molar-refractivity contribution < 1.29 is 13.2 Å². The van der Waals surface area contributed by atoms with E-state index < -0.39 is 10.0 Å². The van der Waals surface area contributed by atoms with Crippen LogP contribution < -0.4 is 9.88 Å².